The molecule has 1 atom stereocenters. The van der Waals surface area contributed by atoms with Crippen LogP contribution in [0.1, 0.15) is 48.1 Å². The molecule has 5 heteroatoms. The highest BCUT2D eigenvalue weighted by molar-refractivity contribution is 5.36. The summed E-state index contributed by atoms with van der Waals surface area (Å²) >= 11 is 0. The zero-order valence-corrected chi connectivity index (χ0v) is 15.2. The van der Waals surface area contributed by atoms with E-state index in [-0.39, 0.29) is 6.04 Å². The molecular weight excluding hydrogens is 337 g/mol. The Morgan fingerprint density at radius 2 is 1.27 bits per heavy atom. The molecule has 1 aliphatic heterocycles. The molecule has 1 fully saturated rings. The highest BCUT2D eigenvalue weighted by Crippen LogP contribution is 2.33. The molecule has 1 unspecified atom stereocenters. The van der Waals surface area contributed by atoms with Gasteiger partial charge in [0.15, 0.2) is 0 Å². The fourth-order valence-electron chi connectivity index (χ4n) is 3.47. The van der Waals surface area contributed by atoms with E-state index in [1.165, 1.54) is 17.7 Å². The van der Waals surface area contributed by atoms with Crippen molar-refractivity contribution in [1.82, 2.24) is 10.2 Å². The quantitative estimate of drug-likeness (QED) is 0.839. The number of hydrogen-bond donors (Lipinski definition) is 1. The van der Waals surface area contributed by atoms with Crippen molar-refractivity contribution in [2.75, 3.05) is 26.2 Å². The zero-order chi connectivity index (χ0) is 18.7. The average molecular weight is 362 g/mol. The van der Waals surface area contributed by atoms with E-state index in [0.29, 0.717) is 5.92 Å². The Balaban J connectivity index is 1.95. The number of nitrogens with zero attached hydrogens (tertiary/aromatic N) is 1. The van der Waals surface area contributed by atoms with Crippen LogP contribution in [-0.2, 0) is 6.18 Å². The van der Waals surface area contributed by atoms with Gasteiger partial charge in [0.25, 0.3) is 0 Å². The Morgan fingerprint density at radius 1 is 0.808 bits per heavy atom. The SMILES string of the molecule is CC(C)c1ccc(C(c2ccc(C(F)(F)F)cc2)N2CCNCC2)cc1. The molecule has 2 nitrogen and oxygen atoms in total. The molecule has 0 bridgehead atoms. The molecule has 0 amide bonds. The fourth-order valence-corrected chi connectivity index (χ4v) is 3.47. The first-order valence-corrected chi connectivity index (χ1v) is 9.08. The second-order valence-electron chi connectivity index (χ2n) is 7.13. The summed E-state index contributed by atoms with van der Waals surface area (Å²) in [6, 6.07) is 14.1. The van der Waals surface area contributed by atoms with Crippen molar-refractivity contribution >= 4 is 0 Å². The second-order valence-corrected chi connectivity index (χ2v) is 7.13. The van der Waals surface area contributed by atoms with Gasteiger partial charge in [-0.05, 0) is 34.7 Å². The van der Waals surface area contributed by atoms with E-state index in [4.69, 9.17) is 0 Å². The molecule has 0 saturated carbocycles. The van der Waals surface area contributed by atoms with Gasteiger partial charge in [-0.3, -0.25) is 4.90 Å². The summed E-state index contributed by atoms with van der Waals surface area (Å²) in [4.78, 5) is 2.34. The van der Waals surface area contributed by atoms with E-state index in [1.54, 1.807) is 12.1 Å². The molecular formula is C21H25F3N2. The lowest BCUT2D eigenvalue weighted by Crippen LogP contribution is -2.45. The third kappa shape index (κ3) is 4.27. The molecule has 2 aromatic rings. The lowest BCUT2D eigenvalue weighted by Gasteiger charge is -2.35. The van der Waals surface area contributed by atoms with Crippen LogP contribution in [0.3, 0.4) is 0 Å². The van der Waals surface area contributed by atoms with E-state index in [1.807, 2.05) is 0 Å². The van der Waals surface area contributed by atoms with Crippen LogP contribution in [0.15, 0.2) is 48.5 Å². The minimum absolute atomic E-state index is 0.0272. The number of halogens is 3. The molecule has 0 aliphatic carbocycles. The standard InChI is InChI=1S/C21H25F3N2/c1-15(2)16-3-5-17(6-4-16)20(26-13-11-25-12-14-26)18-7-9-19(10-8-18)21(22,23)24/h3-10,15,20,25H,11-14H2,1-2H3. The summed E-state index contributed by atoms with van der Waals surface area (Å²) in [5.74, 6) is 0.452. The van der Waals surface area contributed by atoms with Crippen molar-refractivity contribution in [1.29, 1.82) is 0 Å². The Labute approximate surface area is 153 Å². The minimum atomic E-state index is -4.30. The van der Waals surface area contributed by atoms with Crippen molar-refractivity contribution in [2.45, 2.75) is 32.0 Å². The molecule has 0 radical (unpaired) electrons. The van der Waals surface area contributed by atoms with Gasteiger partial charge in [-0.15, -0.1) is 0 Å². The first-order valence-electron chi connectivity index (χ1n) is 9.08. The molecule has 0 aromatic heterocycles. The lowest BCUT2D eigenvalue weighted by molar-refractivity contribution is -0.137. The summed E-state index contributed by atoms with van der Waals surface area (Å²) in [5.41, 5.74) is 2.68. The normalized spacial score (nSPS) is 17.5. The molecule has 26 heavy (non-hydrogen) atoms. The molecule has 1 aliphatic rings. The molecule has 3 rings (SSSR count). The van der Waals surface area contributed by atoms with Crippen molar-refractivity contribution in [3.8, 4) is 0 Å². The fraction of sp³-hybridized carbons (Fsp3) is 0.429. The van der Waals surface area contributed by atoms with Gasteiger partial charge in [-0.25, -0.2) is 0 Å². The summed E-state index contributed by atoms with van der Waals surface area (Å²) in [6.45, 7) is 7.83. The lowest BCUT2D eigenvalue weighted by atomic mass is 9.93. The maximum Gasteiger partial charge on any atom is 0.416 e. The summed E-state index contributed by atoms with van der Waals surface area (Å²) < 4.78 is 38.7. The molecule has 1 saturated heterocycles. The topological polar surface area (TPSA) is 15.3 Å². The monoisotopic (exact) mass is 362 g/mol. The van der Waals surface area contributed by atoms with Gasteiger partial charge in [0.05, 0.1) is 11.6 Å². The highest BCUT2D eigenvalue weighted by Gasteiger charge is 2.31. The summed E-state index contributed by atoms with van der Waals surface area (Å²) in [7, 11) is 0. The predicted octanol–water partition coefficient (Wildman–Crippen LogP) is 4.82. The largest absolute Gasteiger partial charge is 0.416 e. The third-order valence-corrected chi connectivity index (χ3v) is 4.99. The van der Waals surface area contributed by atoms with E-state index in [0.717, 1.165) is 37.3 Å². The van der Waals surface area contributed by atoms with Crippen LogP contribution >= 0.6 is 0 Å². The van der Waals surface area contributed by atoms with Crippen LogP contribution in [0.25, 0.3) is 0 Å². The van der Waals surface area contributed by atoms with Gasteiger partial charge in [-0.2, -0.15) is 13.2 Å². The number of alkyl halides is 3. The first kappa shape index (κ1) is 18.9. The van der Waals surface area contributed by atoms with Gasteiger partial charge in [-0.1, -0.05) is 50.2 Å². The number of hydrogen-bond acceptors (Lipinski definition) is 2. The van der Waals surface area contributed by atoms with Crippen LogP contribution in [-0.4, -0.2) is 31.1 Å². The van der Waals surface area contributed by atoms with Crippen LogP contribution in [0, 0.1) is 0 Å². The Bertz CT molecular complexity index is 700. The van der Waals surface area contributed by atoms with Gasteiger partial charge >= 0.3 is 6.18 Å². The summed E-state index contributed by atoms with van der Waals surface area (Å²) in [5, 5.41) is 3.34. The van der Waals surface area contributed by atoms with E-state index in [2.05, 4.69) is 48.3 Å². The molecule has 0 spiro atoms. The minimum Gasteiger partial charge on any atom is -0.314 e. The zero-order valence-electron chi connectivity index (χ0n) is 15.2. The second kappa shape index (κ2) is 7.80. The maximum absolute atomic E-state index is 12.9. The Morgan fingerprint density at radius 3 is 1.73 bits per heavy atom. The van der Waals surface area contributed by atoms with Crippen LogP contribution in [0.5, 0.6) is 0 Å². The highest BCUT2D eigenvalue weighted by atomic mass is 19.4. The maximum atomic E-state index is 12.9. The average Bonchev–Trinajstić information content (AvgIpc) is 2.63. The van der Waals surface area contributed by atoms with Crippen molar-refractivity contribution < 1.29 is 13.2 Å². The summed E-state index contributed by atoms with van der Waals surface area (Å²) in [6.07, 6.45) is -4.30. The Hall–Kier alpha value is -1.85. The number of benzene rings is 2. The van der Waals surface area contributed by atoms with Crippen molar-refractivity contribution in [2.24, 2.45) is 0 Å². The van der Waals surface area contributed by atoms with Gasteiger partial charge in [0.2, 0.25) is 0 Å². The third-order valence-electron chi connectivity index (χ3n) is 4.99. The Kier molecular flexibility index (Phi) is 5.68. The van der Waals surface area contributed by atoms with Crippen LogP contribution in [0.4, 0.5) is 13.2 Å². The van der Waals surface area contributed by atoms with Crippen molar-refractivity contribution in [3.63, 3.8) is 0 Å². The molecule has 2 aromatic carbocycles. The van der Waals surface area contributed by atoms with E-state index in [9.17, 15) is 13.2 Å². The van der Waals surface area contributed by atoms with E-state index >= 15 is 0 Å². The van der Waals surface area contributed by atoms with Gasteiger partial charge in [0, 0.05) is 26.2 Å². The molecule has 1 heterocycles. The van der Waals surface area contributed by atoms with Crippen LogP contribution in [0.2, 0.25) is 0 Å². The van der Waals surface area contributed by atoms with E-state index < -0.39 is 11.7 Å². The number of piperazine rings is 1. The number of rotatable bonds is 4. The first-order chi connectivity index (χ1) is 12.4. The number of nitrogens with one attached hydrogen (secondary N) is 1. The van der Waals surface area contributed by atoms with Crippen molar-refractivity contribution in [3.05, 3.63) is 70.8 Å². The van der Waals surface area contributed by atoms with Gasteiger partial charge in [0.1, 0.15) is 0 Å². The predicted molar refractivity (Wildman–Crippen MR) is 98.3 cm³/mol. The molecule has 140 valence electrons. The smallest absolute Gasteiger partial charge is 0.314 e. The van der Waals surface area contributed by atoms with Crippen LogP contribution < -0.4 is 5.32 Å². The van der Waals surface area contributed by atoms with Gasteiger partial charge < -0.3 is 5.32 Å². The molecule has 1 N–H and O–H groups in total.